The van der Waals surface area contributed by atoms with Crippen LogP contribution in [0.25, 0.3) is 0 Å². The lowest BCUT2D eigenvalue weighted by molar-refractivity contribution is 0.0950. The number of carbonyl (C=O) groups is 1. The molecule has 0 spiro atoms. The Labute approximate surface area is 134 Å². The van der Waals surface area contributed by atoms with E-state index in [4.69, 9.17) is 0 Å². The number of carbonyl (C=O) groups excluding carboxylic acids is 1. The highest BCUT2D eigenvalue weighted by Crippen LogP contribution is 2.24. The second-order valence-corrected chi connectivity index (χ2v) is 5.39. The highest BCUT2D eigenvalue weighted by atomic mass is 19.1. The minimum atomic E-state index is -0.573. The second-order valence-electron chi connectivity index (χ2n) is 5.39. The molecule has 2 aromatic rings. The van der Waals surface area contributed by atoms with Gasteiger partial charge in [0.15, 0.2) is 11.5 Å². The van der Waals surface area contributed by atoms with Gasteiger partial charge in [-0.1, -0.05) is 6.07 Å². The summed E-state index contributed by atoms with van der Waals surface area (Å²) in [6.45, 7) is 0.290. The third kappa shape index (κ3) is 4.12. The van der Waals surface area contributed by atoms with Gasteiger partial charge in [0.2, 0.25) is 0 Å². The van der Waals surface area contributed by atoms with Crippen molar-refractivity contribution in [2.24, 2.45) is 0 Å². The first-order valence-corrected chi connectivity index (χ1v) is 7.14. The topological polar surface area (TPSA) is 72.8 Å². The molecule has 3 N–H and O–H groups in total. The fourth-order valence-electron chi connectivity index (χ4n) is 2.11. The maximum atomic E-state index is 14.0. The van der Waals surface area contributed by atoms with Gasteiger partial charge >= 0.3 is 0 Å². The summed E-state index contributed by atoms with van der Waals surface area (Å²) in [5.41, 5.74) is 1.42. The zero-order valence-corrected chi connectivity index (χ0v) is 13.0. The second kappa shape index (κ2) is 7.00. The fourth-order valence-corrected chi connectivity index (χ4v) is 2.11. The summed E-state index contributed by atoms with van der Waals surface area (Å²) in [5.74, 6) is -1.47. The maximum absolute atomic E-state index is 14.0. The van der Waals surface area contributed by atoms with E-state index in [0.717, 1.165) is 5.56 Å². The van der Waals surface area contributed by atoms with E-state index < -0.39 is 11.7 Å². The summed E-state index contributed by atoms with van der Waals surface area (Å²) >= 11 is 0. The number of phenolic OH excluding ortho intramolecular Hbond substituents is 2. The van der Waals surface area contributed by atoms with Crippen LogP contribution < -0.4 is 10.2 Å². The first-order valence-electron chi connectivity index (χ1n) is 7.14. The van der Waals surface area contributed by atoms with Crippen molar-refractivity contribution < 1.29 is 19.4 Å². The van der Waals surface area contributed by atoms with Gasteiger partial charge in [-0.25, -0.2) is 4.39 Å². The largest absolute Gasteiger partial charge is 0.504 e. The number of anilines is 1. The lowest BCUT2D eigenvalue weighted by Gasteiger charge is -2.13. The Bertz CT molecular complexity index is 717. The maximum Gasteiger partial charge on any atom is 0.254 e. The number of nitrogens with one attached hydrogen (secondary N) is 1. The molecule has 0 fully saturated rings. The average Bonchev–Trinajstić information content (AvgIpc) is 2.50. The number of nitrogens with zero attached hydrogens (tertiary/aromatic N) is 1. The van der Waals surface area contributed by atoms with Gasteiger partial charge in [0.25, 0.3) is 5.91 Å². The van der Waals surface area contributed by atoms with E-state index in [1.165, 1.54) is 24.3 Å². The molecule has 0 aromatic heterocycles. The van der Waals surface area contributed by atoms with Crippen molar-refractivity contribution in [2.75, 3.05) is 25.5 Å². The predicted octanol–water partition coefficient (Wildman–Crippen LogP) is 2.28. The molecule has 0 saturated carbocycles. The highest BCUT2D eigenvalue weighted by Gasteiger charge is 2.12. The molecule has 5 nitrogen and oxygen atoms in total. The van der Waals surface area contributed by atoms with Crippen molar-refractivity contribution in [3.8, 4) is 11.5 Å². The highest BCUT2D eigenvalue weighted by molar-refractivity contribution is 5.94. The molecule has 1 amide bonds. The molecular formula is C17H19FN2O3. The molecule has 6 heteroatoms. The quantitative estimate of drug-likeness (QED) is 0.740. The smallest absolute Gasteiger partial charge is 0.254 e. The fraction of sp³-hybridized carbons (Fsp3) is 0.235. The van der Waals surface area contributed by atoms with E-state index in [9.17, 15) is 19.4 Å². The number of phenols is 2. The van der Waals surface area contributed by atoms with Gasteiger partial charge in [-0.05, 0) is 42.3 Å². The lowest BCUT2D eigenvalue weighted by atomic mass is 10.1. The van der Waals surface area contributed by atoms with Crippen LogP contribution in [0, 0.1) is 5.82 Å². The number of halogens is 1. The van der Waals surface area contributed by atoms with Crippen molar-refractivity contribution in [1.29, 1.82) is 0 Å². The summed E-state index contributed by atoms with van der Waals surface area (Å²) in [4.78, 5) is 13.8. The number of hydrogen-bond acceptors (Lipinski definition) is 4. The number of amides is 1. The Kier molecular flexibility index (Phi) is 5.05. The van der Waals surface area contributed by atoms with Gasteiger partial charge < -0.3 is 20.4 Å². The summed E-state index contributed by atoms with van der Waals surface area (Å²) in [5, 5.41) is 21.3. The zero-order chi connectivity index (χ0) is 17.0. The van der Waals surface area contributed by atoms with Crippen LogP contribution in [0.5, 0.6) is 11.5 Å². The molecule has 122 valence electrons. The molecule has 0 radical (unpaired) electrons. The molecule has 0 atom stereocenters. The van der Waals surface area contributed by atoms with E-state index in [1.807, 2.05) is 0 Å². The molecule has 0 unspecified atom stereocenters. The van der Waals surface area contributed by atoms with Gasteiger partial charge in [-0.15, -0.1) is 0 Å². The van der Waals surface area contributed by atoms with Crippen molar-refractivity contribution in [3.05, 3.63) is 53.3 Å². The van der Waals surface area contributed by atoms with Crippen molar-refractivity contribution in [2.45, 2.75) is 6.42 Å². The number of aromatic hydroxyl groups is 2. The van der Waals surface area contributed by atoms with Crippen molar-refractivity contribution >= 4 is 11.6 Å². The van der Waals surface area contributed by atoms with E-state index >= 15 is 0 Å². The number of hydrogen-bond donors (Lipinski definition) is 3. The Morgan fingerprint density at radius 2 is 1.87 bits per heavy atom. The molecule has 2 aromatic carbocycles. The first-order chi connectivity index (χ1) is 10.9. The molecular weight excluding hydrogens is 299 g/mol. The zero-order valence-electron chi connectivity index (χ0n) is 13.0. The van der Waals surface area contributed by atoms with Crippen LogP contribution in [0.2, 0.25) is 0 Å². The van der Waals surface area contributed by atoms with Crippen LogP contribution in [-0.4, -0.2) is 36.8 Å². The van der Waals surface area contributed by atoms with Crippen LogP contribution in [0.4, 0.5) is 10.1 Å². The molecule has 0 aliphatic rings. The van der Waals surface area contributed by atoms with E-state index in [-0.39, 0.29) is 23.6 Å². The SMILES string of the molecule is CN(C)c1ccc(C(=O)NCCc2ccc(O)c(O)c2)c(F)c1. The Morgan fingerprint density at radius 3 is 2.48 bits per heavy atom. The van der Waals surface area contributed by atoms with Crippen LogP contribution in [-0.2, 0) is 6.42 Å². The third-order valence-corrected chi connectivity index (χ3v) is 3.45. The van der Waals surface area contributed by atoms with Crippen molar-refractivity contribution in [1.82, 2.24) is 5.32 Å². The molecule has 0 heterocycles. The van der Waals surface area contributed by atoms with E-state index in [1.54, 1.807) is 31.1 Å². The van der Waals surface area contributed by atoms with Gasteiger partial charge in [0.1, 0.15) is 5.82 Å². The monoisotopic (exact) mass is 318 g/mol. The van der Waals surface area contributed by atoms with Gasteiger partial charge in [0.05, 0.1) is 5.56 Å². The minimum absolute atomic E-state index is 0.0100. The lowest BCUT2D eigenvalue weighted by Crippen LogP contribution is -2.26. The number of rotatable bonds is 5. The molecule has 0 saturated heterocycles. The minimum Gasteiger partial charge on any atom is -0.504 e. The molecule has 23 heavy (non-hydrogen) atoms. The van der Waals surface area contributed by atoms with Crippen molar-refractivity contribution in [3.63, 3.8) is 0 Å². The number of benzene rings is 2. The van der Waals surface area contributed by atoms with E-state index in [0.29, 0.717) is 12.1 Å². The summed E-state index contributed by atoms with van der Waals surface area (Å²) < 4.78 is 14.0. The van der Waals surface area contributed by atoms with Crippen LogP contribution in [0.15, 0.2) is 36.4 Å². The van der Waals surface area contributed by atoms with Gasteiger partial charge in [-0.2, -0.15) is 0 Å². The summed E-state index contributed by atoms with van der Waals surface area (Å²) in [7, 11) is 3.59. The third-order valence-electron chi connectivity index (χ3n) is 3.45. The Hall–Kier alpha value is -2.76. The standard InChI is InChI=1S/C17H19FN2O3/c1-20(2)12-4-5-13(14(18)10-12)17(23)19-8-7-11-3-6-15(21)16(22)9-11/h3-6,9-10,21-22H,7-8H2,1-2H3,(H,19,23). The van der Waals surface area contributed by atoms with Crippen LogP contribution >= 0.6 is 0 Å². The predicted molar refractivity (Wildman–Crippen MR) is 86.5 cm³/mol. The van der Waals surface area contributed by atoms with Gasteiger partial charge in [0, 0.05) is 26.3 Å². The van der Waals surface area contributed by atoms with Crippen LogP contribution in [0.3, 0.4) is 0 Å². The summed E-state index contributed by atoms with van der Waals surface area (Å²) in [6.07, 6.45) is 0.455. The average molecular weight is 318 g/mol. The molecule has 2 rings (SSSR count). The summed E-state index contributed by atoms with van der Waals surface area (Å²) in [6, 6.07) is 8.89. The Balaban J connectivity index is 1.95. The first kappa shape index (κ1) is 16.6. The van der Waals surface area contributed by atoms with E-state index in [2.05, 4.69) is 5.32 Å². The molecule has 0 aliphatic heterocycles. The van der Waals surface area contributed by atoms with Gasteiger partial charge in [-0.3, -0.25) is 4.79 Å². The van der Waals surface area contributed by atoms with Crippen LogP contribution in [0.1, 0.15) is 15.9 Å². The molecule has 0 bridgehead atoms. The Morgan fingerprint density at radius 1 is 1.13 bits per heavy atom. The normalized spacial score (nSPS) is 10.4. The molecule has 0 aliphatic carbocycles.